The third-order valence-electron chi connectivity index (χ3n) is 2.34. The van der Waals surface area contributed by atoms with E-state index in [0.717, 1.165) is 18.6 Å². The molecule has 2 rings (SSSR count). The van der Waals surface area contributed by atoms with Gasteiger partial charge in [-0.2, -0.15) is 4.98 Å². The summed E-state index contributed by atoms with van der Waals surface area (Å²) in [5, 5.41) is -1.01. The zero-order valence-electron chi connectivity index (χ0n) is 11.2. The van der Waals surface area contributed by atoms with Crippen molar-refractivity contribution in [1.29, 1.82) is 0 Å². The molecule has 0 aliphatic rings. The summed E-state index contributed by atoms with van der Waals surface area (Å²) in [6.45, 7) is 0. The zero-order valence-corrected chi connectivity index (χ0v) is 12.8. The fourth-order valence-electron chi connectivity index (χ4n) is 1.40. The molecule has 0 radical (unpaired) electrons. The van der Waals surface area contributed by atoms with E-state index in [1.54, 1.807) is 30.3 Å². The van der Waals surface area contributed by atoms with E-state index >= 15 is 0 Å². The molecule has 0 aliphatic heterocycles. The van der Waals surface area contributed by atoms with Crippen LogP contribution in [-0.4, -0.2) is 39.3 Å². The Labute approximate surface area is 122 Å². The maximum absolute atomic E-state index is 11.6. The highest BCUT2D eigenvalue weighted by atomic mass is 32.2. The van der Waals surface area contributed by atoms with Crippen LogP contribution < -0.4 is 4.74 Å². The van der Waals surface area contributed by atoms with Crippen molar-refractivity contribution in [2.24, 2.45) is 0 Å². The van der Waals surface area contributed by atoms with Gasteiger partial charge in [-0.1, -0.05) is 18.2 Å². The lowest BCUT2D eigenvalue weighted by Gasteiger charge is -2.07. The molecule has 7 nitrogen and oxygen atoms in total. The van der Waals surface area contributed by atoms with E-state index in [1.165, 1.54) is 0 Å². The Bertz CT molecular complexity index is 812. The van der Waals surface area contributed by atoms with Crippen LogP contribution in [0.15, 0.2) is 46.6 Å². The van der Waals surface area contributed by atoms with E-state index in [2.05, 4.69) is 9.97 Å². The number of nitrogens with zero attached hydrogens (tertiary/aromatic N) is 2. The van der Waals surface area contributed by atoms with Gasteiger partial charge in [-0.05, 0) is 12.1 Å². The number of benzene rings is 1. The van der Waals surface area contributed by atoms with Gasteiger partial charge >= 0.3 is 0 Å². The van der Waals surface area contributed by atoms with Gasteiger partial charge in [0.1, 0.15) is 5.75 Å². The fraction of sp³-hybridized carbons (Fsp3) is 0.167. The first kappa shape index (κ1) is 15.4. The molecule has 9 heteroatoms. The number of hydrogen-bond acceptors (Lipinski definition) is 7. The van der Waals surface area contributed by atoms with Crippen LogP contribution in [0.5, 0.6) is 11.6 Å². The van der Waals surface area contributed by atoms with Gasteiger partial charge < -0.3 is 4.74 Å². The maximum atomic E-state index is 11.6. The van der Waals surface area contributed by atoms with E-state index in [-0.39, 0.29) is 5.88 Å². The van der Waals surface area contributed by atoms with Crippen LogP contribution in [0.4, 0.5) is 0 Å². The molecule has 0 saturated heterocycles. The maximum Gasteiger partial charge on any atom is 0.251 e. The topological polar surface area (TPSA) is 103 Å². The van der Waals surface area contributed by atoms with Crippen LogP contribution in [0, 0.1) is 0 Å². The van der Waals surface area contributed by atoms with Crippen molar-refractivity contribution >= 4 is 19.7 Å². The number of aromatic nitrogens is 2. The Hall–Kier alpha value is -2.00. The van der Waals surface area contributed by atoms with Gasteiger partial charge in [-0.25, -0.2) is 21.8 Å². The highest BCUT2D eigenvalue weighted by molar-refractivity contribution is 7.91. The molecule has 1 aromatic carbocycles. The summed E-state index contributed by atoms with van der Waals surface area (Å²) in [7, 11) is -7.46. The van der Waals surface area contributed by atoms with E-state index in [4.69, 9.17) is 4.74 Å². The number of sulfone groups is 2. The van der Waals surface area contributed by atoms with Crippen molar-refractivity contribution < 1.29 is 21.6 Å². The molecule has 1 heterocycles. The molecule has 0 aliphatic carbocycles. The third-order valence-corrected chi connectivity index (χ3v) is 4.15. The molecule has 112 valence electrons. The monoisotopic (exact) mass is 328 g/mol. The Balaban J connectivity index is 2.56. The van der Waals surface area contributed by atoms with Gasteiger partial charge in [0.25, 0.3) is 5.16 Å². The third kappa shape index (κ3) is 3.99. The van der Waals surface area contributed by atoms with Gasteiger partial charge in [-0.15, -0.1) is 0 Å². The number of rotatable bonds is 4. The summed E-state index contributed by atoms with van der Waals surface area (Å²) in [6, 6.07) is 9.54. The van der Waals surface area contributed by atoms with Gasteiger partial charge in [0.2, 0.25) is 15.7 Å². The first-order chi connectivity index (χ1) is 9.66. The summed E-state index contributed by atoms with van der Waals surface area (Å²) in [5.41, 5.74) is 0. The Morgan fingerprint density at radius 2 is 1.52 bits per heavy atom. The average Bonchev–Trinajstić information content (AvgIpc) is 2.37. The molecule has 21 heavy (non-hydrogen) atoms. The second-order valence-electron chi connectivity index (χ2n) is 4.29. The molecule has 2 aromatic rings. The van der Waals surface area contributed by atoms with Crippen molar-refractivity contribution in [3.05, 3.63) is 36.4 Å². The predicted octanol–water partition coefficient (Wildman–Crippen LogP) is 1.08. The summed E-state index contributed by atoms with van der Waals surface area (Å²) >= 11 is 0. The van der Waals surface area contributed by atoms with E-state index in [9.17, 15) is 16.8 Å². The van der Waals surface area contributed by atoms with Crippen LogP contribution in [-0.2, 0) is 19.7 Å². The Morgan fingerprint density at radius 1 is 0.905 bits per heavy atom. The minimum Gasteiger partial charge on any atom is -0.439 e. The molecular formula is C12H12N2O5S2. The molecule has 0 spiro atoms. The minimum absolute atomic E-state index is 0.156. The molecule has 0 N–H and O–H groups in total. The van der Waals surface area contributed by atoms with Gasteiger partial charge in [-0.3, -0.25) is 0 Å². The molecule has 0 saturated carbocycles. The lowest BCUT2D eigenvalue weighted by Crippen LogP contribution is -2.10. The molecule has 0 bridgehead atoms. The smallest absolute Gasteiger partial charge is 0.251 e. The van der Waals surface area contributed by atoms with Gasteiger partial charge in [0.05, 0.1) is 0 Å². The number of ether oxygens (including phenoxy) is 1. The van der Waals surface area contributed by atoms with Gasteiger partial charge in [0, 0.05) is 18.6 Å². The number of para-hydroxylation sites is 1. The summed E-state index contributed by atoms with van der Waals surface area (Å²) in [4.78, 5) is 7.28. The summed E-state index contributed by atoms with van der Waals surface area (Å²) in [6.07, 6.45) is 1.81. The highest BCUT2D eigenvalue weighted by Crippen LogP contribution is 2.22. The molecule has 0 amide bonds. The van der Waals surface area contributed by atoms with E-state index in [0.29, 0.717) is 5.75 Å². The predicted molar refractivity (Wildman–Crippen MR) is 74.8 cm³/mol. The van der Waals surface area contributed by atoms with Crippen LogP contribution in [0.25, 0.3) is 0 Å². The zero-order chi connectivity index (χ0) is 15.7. The first-order valence-corrected chi connectivity index (χ1v) is 9.46. The first-order valence-electron chi connectivity index (χ1n) is 5.68. The molecule has 0 fully saturated rings. The number of hydrogen-bond donors (Lipinski definition) is 0. The second-order valence-corrected chi connectivity index (χ2v) is 8.16. The van der Waals surface area contributed by atoms with Crippen LogP contribution >= 0.6 is 0 Å². The summed E-state index contributed by atoms with van der Waals surface area (Å²) in [5.74, 6) is 0.243. The molecule has 1 aromatic heterocycles. The summed E-state index contributed by atoms with van der Waals surface area (Å²) < 4.78 is 51.6. The normalized spacial score (nSPS) is 12.1. The van der Waals surface area contributed by atoms with E-state index < -0.39 is 29.9 Å². The van der Waals surface area contributed by atoms with Crippen molar-refractivity contribution in [2.45, 2.75) is 10.2 Å². The molecular weight excluding hydrogens is 316 g/mol. The minimum atomic E-state index is -3.77. The Morgan fingerprint density at radius 3 is 2.05 bits per heavy atom. The van der Waals surface area contributed by atoms with Gasteiger partial charge in [0.15, 0.2) is 14.9 Å². The quantitative estimate of drug-likeness (QED) is 0.611. The van der Waals surface area contributed by atoms with Crippen LogP contribution in [0.2, 0.25) is 0 Å². The molecule has 0 atom stereocenters. The highest BCUT2D eigenvalue weighted by Gasteiger charge is 2.19. The second kappa shape index (κ2) is 5.41. The van der Waals surface area contributed by atoms with Crippen molar-refractivity contribution in [3.63, 3.8) is 0 Å². The van der Waals surface area contributed by atoms with E-state index in [1.807, 2.05) is 0 Å². The molecule has 0 unspecified atom stereocenters. The average molecular weight is 328 g/mol. The van der Waals surface area contributed by atoms with Crippen molar-refractivity contribution in [1.82, 2.24) is 9.97 Å². The lowest BCUT2D eigenvalue weighted by molar-refractivity contribution is 0.448. The largest absolute Gasteiger partial charge is 0.439 e. The van der Waals surface area contributed by atoms with Crippen molar-refractivity contribution in [2.75, 3.05) is 12.5 Å². The SMILES string of the molecule is CS(=O)(=O)c1cc(Oc2ccccc2)nc(S(C)(=O)=O)n1. The standard InChI is InChI=1S/C12H12N2O5S2/c1-20(15,16)11-8-10(13-12(14-11)21(2,17)18)19-9-6-4-3-5-7-9/h3-8H,1-2H3. The fourth-order valence-corrected chi connectivity index (χ4v) is 2.55. The van der Waals surface area contributed by atoms with Crippen LogP contribution in [0.1, 0.15) is 0 Å². The Kier molecular flexibility index (Phi) is 3.97. The lowest BCUT2D eigenvalue weighted by atomic mass is 10.3. The van der Waals surface area contributed by atoms with Crippen LogP contribution in [0.3, 0.4) is 0 Å². The van der Waals surface area contributed by atoms with Crippen molar-refractivity contribution in [3.8, 4) is 11.6 Å².